The van der Waals surface area contributed by atoms with Crippen molar-refractivity contribution in [3.8, 4) is 0 Å². The first-order chi connectivity index (χ1) is 8.63. The maximum absolute atomic E-state index is 6.44. The molecule has 0 spiro atoms. The van der Waals surface area contributed by atoms with Crippen molar-refractivity contribution in [2.24, 2.45) is 17.6 Å². The van der Waals surface area contributed by atoms with Crippen LogP contribution in [-0.2, 0) is 0 Å². The topological polar surface area (TPSA) is 64.9 Å². The summed E-state index contributed by atoms with van der Waals surface area (Å²) in [5.41, 5.74) is 14.7. The fraction of sp³-hybridized carbons (Fsp3) is 0.667. The van der Waals surface area contributed by atoms with Crippen LogP contribution in [0.1, 0.15) is 56.2 Å². The van der Waals surface area contributed by atoms with E-state index in [0.717, 1.165) is 11.5 Å². The summed E-state index contributed by atoms with van der Waals surface area (Å²) in [4.78, 5) is 4.18. The van der Waals surface area contributed by atoms with Crippen molar-refractivity contribution in [3.63, 3.8) is 0 Å². The van der Waals surface area contributed by atoms with Crippen molar-refractivity contribution in [2.45, 2.75) is 52.0 Å². The van der Waals surface area contributed by atoms with E-state index >= 15 is 0 Å². The first kappa shape index (κ1) is 13.3. The van der Waals surface area contributed by atoms with Crippen LogP contribution in [0.15, 0.2) is 12.3 Å². The lowest BCUT2D eigenvalue weighted by molar-refractivity contribution is 0.240. The number of nitrogens with two attached hydrogens (primary N) is 2. The van der Waals surface area contributed by atoms with Crippen LogP contribution >= 0.6 is 0 Å². The molecule has 0 aromatic carbocycles. The third kappa shape index (κ3) is 2.66. The first-order valence-corrected chi connectivity index (χ1v) is 7.10. The average Bonchev–Trinajstić information content (AvgIpc) is 2.38. The van der Waals surface area contributed by atoms with Gasteiger partial charge in [0.25, 0.3) is 0 Å². The lowest BCUT2D eigenvalue weighted by Gasteiger charge is -2.32. The van der Waals surface area contributed by atoms with E-state index < -0.39 is 0 Å². The number of nitrogens with zero attached hydrogens (tertiary/aromatic N) is 1. The van der Waals surface area contributed by atoms with Crippen LogP contribution in [0.3, 0.4) is 0 Å². The maximum atomic E-state index is 6.44. The molecule has 1 unspecified atom stereocenters. The van der Waals surface area contributed by atoms with Crippen molar-refractivity contribution in [1.29, 1.82) is 0 Å². The van der Waals surface area contributed by atoms with E-state index in [4.69, 9.17) is 11.5 Å². The normalized spacial score (nSPS) is 25.9. The van der Waals surface area contributed by atoms with Gasteiger partial charge in [-0.25, -0.2) is 4.98 Å². The minimum Gasteiger partial charge on any atom is -0.383 e. The Hall–Kier alpha value is -1.09. The van der Waals surface area contributed by atoms with Gasteiger partial charge in [0.05, 0.1) is 0 Å². The Morgan fingerprint density at radius 2 is 2.00 bits per heavy atom. The van der Waals surface area contributed by atoms with Crippen molar-refractivity contribution in [2.75, 3.05) is 5.73 Å². The lowest BCUT2D eigenvalue weighted by atomic mass is 9.76. The van der Waals surface area contributed by atoms with E-state index in [1.54, 1.807) is 6.20 Å². The van der Waals surface area contributed by atoms with Crippen LogP contribution in [0.25, 0.3) is 0 Å². The van der Waals surface area contributed by atoms with Crippen molar-refractivity contribution in [1.82, 2.24) is 4.98 Å². The molecule has 1 heterocycles. The van der Waals surface area contributed by atoms with Gasteiger partial charge < -0.3 is 11.5 Å². The zero-order valence-corrected chi connectivity index (χ0v) is 11.5. The highest BCUT2D eigenvalue weighted by molar-refractivity contribution is 5.46. The number of rotatable bonds is 3. The maximum Gasteiger partial charge on any atom is 0.128 e. The van der Waals surface area contributed by atoms with Crippen molar-refractivity contribution < 1.29 is 0 Å². The van der Waals surface area contributed by atoms with Gasteiger partial charge in [0.1, 0.15) is 5.82 Å². The van der Waals surface area contributed by atoms with Gasteiger partial charge in [0.2, 0.25) is 0 Å². The van der Waals surface area contributed by atoms with E-state index in [1.165, 1.54) is 37.7 Å². The number of hydrogen-bond donors (Lipinski definition) is 2. The Labute approximate surface area is 110 Å². The van der Waals surface area contributed by atoms with Crippen molar-refractivity contribution in [3.05, 3.63) is 23.4 Å². The average molecular weight is 247 g/mol. The summed E-state index contributed by atoms with van der Waals surface area (Å²) in [7, 11) is 0. The number of hydrogen-bond acceptors (Lipinski definition) is 3. The highest BCUT2D eigenvalue weighted by Gasteiger charge is 2.27. The van der Waals surface area contributed by atoms with Crippen LogP contribution in [0, 0.1) is 18.8 Å². The Bertz CT molecular complexity index is 374. The molecule has 1 fully saturated rings. The van der Waals surface area contributed by atoms with Gasteiger partial charge in [0.15, 0.2) is 0 Å². The molecule has 0 amide bonds. The van der Waals surface area contributed by atoms with Gasteiger partial charge in [-0.05, 0) is 43.2 Å². The number of anilines is 1. The van der Waals surface area contributed by atoms with Gasteiger partial charge in [-0.15, -0.1) is 0 Å². The van der Waals surface area contributed by atoms with Gasteiger partial charge >= 0.3 is 0 Å². The van der Waals surface area contributed by atoms with Gasteiger partial charge in [-0.2, -0.15) is 0 Å². The molecule has 3 heteroatoms. The third-order valence-corrected chi connectivity index (χ3v) is 4.55. The quantitative estimate of drug-likeness (QED) is 0.862. The minimum absolute atomic E-state index is 0.0523. The largest absolute Gasteiger partial charge is 0.383 e. The second kappa shape index (κ2) is 5.70. The lowest BCUT2D eigenvalue weighted by Crippen LogP contribution is -2.27. The fourth-order valence-corrected chi connectivity index (χ4v) is 3.22. The molecule has 0 bridgehead atoms. The summed E-state index contributed by atoms with van der Waals surface area (Å²) in [6.07, 6.45) is 8.15. The Morgan fingerprint density at radius 3 is 2.56 bits per heavy atom. The summed E-state index contributed by atoms with van der Waals surface area (Å²) < 4.78 is 0. The molecule has 0 saturated heterocycles. The molecule has 1 atom stereocenters. The minimum atomic E-state index is 0.0523. The molecule has 1 aliphatic carbocycles. The smallest absolute Gasteiger partial charge is 0.128 e. The molecule has 1 aliphatic rings. The van der Waals surface area contributed by atoms with E-state index in [1.807, 2.05) is 6.07 Å². The zero-order valence-electron chi connectivity index (χ0n) is 11.5. The number of aromatic nitrogens is 1. The molecule has 0 aliphatic heterocycles. The molecule has 1 aromatic rings. The molecular formula is C15H25N3. The first-order valence-electron chi connectivity index (χ1n) is 7.10. The van der Waals surface area contributed by atoms with Gasteiger partial charge in [-0.1, -0.05) is 26.2 Å². The van der Waals surface area contributed by atoms with Crippen LogP contribution in [0.5, 0.6) is 0 Å². The number of pyridine rings is 1. The summed E-state index contributed by atoms with van der Waals surface area (Å²) in [6.45, 7) is 4.36. The van der Waals surface area contributed by atoms with E-state index in [0.29, 0.717) is 11.7 Å². The second-order valence-electron chi connectivity index (χ2n) is 5.64. The molecule has 4 N–H and O–H groups in total. The number of nitrogen functional groups attached to an aromatic ring is 1. The molecule has 0 radical (unpaired) electrons. The predicted molar refractivity (Wildman–Crippen MR) is 76.1 cm³/mol. The Morgan fingerprint density at radius 1 is 1.33 bits per heavy atom. The monoisotopic (exact) mass is 247 g/mol. The fourth-order valence-electron chi connectivity index (χ4n) is 3.22. The molecular weight excluding hydrogens is 222 g/mol. The van der Waals surface area contributed by atoms with E-state index in [-0.39, 0.29) is 6.04 Å². The Kier molecular flexibility index (Phi) is 4.23. The van der Waals surface area contributed by atoms with Crippen molar-refractivity contribution >= 4 is 5.82 Å². The van der Waals surface area contributed by atoms with Gasteiger partial charge in [-0.3, -0.25) is 0 Å². The highest BCUT2D eigenvalue weighted by Crippen LogP contribution is 2.38. The van der Waals surface area contributed by atoms with E-state index in [2.05, 4.69) is 18.8 Å². The molecule has 1 saturated carbocycles. The molecule has 2 rings (SSSR count). The van der Waals surface area contributed by atoms with Gasteiger partial charge in [0, 0.05) is 17.8 Å². The van der Waals surface area contributed by atoms with Crippen LogP contribution in [0.2, 0.25) is 0 Å². The molecule has 3 nitrogen and oxygen atoms in total. The number of aryl methyl sites for hydroxylation is 1. The molecule has 1 aromatic heterocycles. The predicted octanol–water partition coefficient (Wildman–Crippen LogP) is 3.19. The van der Waals surface area contributed by atoms with Crippen LogP contribution < -0.4 is 11.5 Å². The summed E-state index contributed by atoms with van der Waals surface area (Å²) in [5.74, 6) is 2.08. The molecule has 18 heavy (non-hydrogen) atoms. The van der Waals surface area contributed by atoms with Crippen LogP contribution in [0.4, 0.5) is 5.82 Å². The second-order valence-corrected chi connectivity index (χ2v) is 5.64. The summed E-state index contributed by atoms with van der Waals surface area (Å²) in [6, 6.07) is 2.06. The molecule has 100 valence electrons. The van der Waals surface area contributed by atoms with Crippen LogP contribution in [-0.4, -0.2) is 4.98 Å². The van der Waals surface area contributed by atoms with E-state index in [9.17, 15) is 0 Å². The zero-order chi connectivity index (χ0) is 13.1. The standard InChI is InChI=1S/C15H25N3/c1-3-11-4-6-12(7-5-11)14(16)13-10(2)8-9-18-15(13)17/h8-9,11-12,14H,3-7,16H2,1-2H3,(H2,17,18). The SMILES string of the molecule is CCC1CCC(C(N)c2c(C)ccnc2N)CC1. The highest BCUT2D eigenvalue weighted by atomic mass is 14.8. The summed E-state index contributed by atoms with van der Waals surface area (Å²) in [5, 5.41) is 0. The Balaban J connectivity index is 2.10. The summed E-state index contributed by atoms with van der Waals surface area (Å²) >= 11 is 0. The third-order valence-electron chi connectivity index (χ3n) is 4.55.